The summed E-state index contributed by atoms with van der Waals surface area (Å²) in [5, 5.41) is 15.9. The smallest absolute Gasteiger partial charge is 0.475 e. The Kier molecular flexibility index (Phi) is 9.97. The average Bonchev–Trinajstić information content (AvgIpc) is 2.76. The number of aliphatic carboxylic acids is 1. The third-order valence-electron chi connectivity index (χ3n) is 5.55. The SMILES string of the molecule is Cc1nc(NC2CCC(NC(=O)Nc3cc(F)cc(F)c3)CC2)nc(N(C)C)c1C.O=C(O)C(F)(F)F. The third-order valence-corrected chi connectivity index (χ3v) is 5.55. The number of halogens is 5. The zero-order valence-corrected chi connectivity index (χ0v) is 20.7. The Balaban J connectivity index is 0.000000604. The quantitative estimate of drug-likeness (QED) is 0.415. The van der Waals surface area contributed by atoms with E-state index in [9.17, 15) is 26.7 Å². The predicted octanol–water partition coefficient (Wildman–Crippen LogP) is 4.62. The van der Waals surface area contributed by atoms with Crippen LogP contribution in [0.25, 0.3) is 0 Å². The minimum Gasteiger partial charge on any atom is -0.475 e. The number of anilines is 3. The highest BCUT2D eigenvalue weighted by molar-refractivity contribution is 5.89. The minimum atomic E-state index is -5.08. The van der Waals surface area contributed by atoms with Crippen LogP contribution in [-0.4, -0.2) is 59.4 Å². The monoisotopic (exact) mass is 532 g/mol. The van der Waals surface area contributed by atoms with E-state index in [1.165, 1.54) is 0 Å². The largest absolute Gasteiger partial charge is 0.490 e. The number of hydrogen-bond acceptors (Lipinski definition) is 6. The van der Waals surface area contributed by atoms with Gasteiger partial charge in [-0.15, -0.1) is 0 Å². The van der Waals surface area contributed by atoms with Gasteiger partial charge in [0.25, 0.3) is 0 Å². The van der Waals surface area contributed by atoms with Crippen LogP contribution in [0.15, 0.2) is 18.2 Å². The molecule has 14 heteroatoms. The summed E-state index contributed by atoms with van der Waals surface area (Å²) in [5.74, 6) is -2.71. The first kappa shape index (κ1) is 29.5. The van der Waals surface area contributed by atoms with Gasteiger partial charge < -0.3 is 26.0 Å². The summed E-state index contributed by atoms with van der Waals surface area (Å²) in [5.41, 5.74) is 2.09. The van der Waals surface area contributed by atoms with Gasteiger partial charge in [0.1, 0.15) is 17.5 Å². The van der Waals surface area contributed by atoms with Gasteiger partial charge in [0.2, 0.25) is 5.95 Å². The molecule has 0 aliphatic heterocycles. The van der Waals surface area contributed by atoms with Crippen molar-refractivity contribution in [2.24, 2.45) is 0 Å². The summed E-state index contributed by atoms with van der Waals surface area (Å²) in [4.78, 5) is 32.2. The van der Waals surface area contributed by atoms with Crippen LogP contribution in [-0.2, 0) is 4.79 Å². The molecule has 3 rings (SSSR count). The molecule has 1 heterocycles. The van der Waals surface area contributed by atoms with Gasteiger partial charge in [-0.3, -0.25) is 0 Å². The lowest BCUT2D eigenvalue weighted by Crippen LogP contribution is -2.42. The Morgan fingerprint density at radius 2 is 1.49 bits per heavy atom. The molecule has 1 aromatic heterocycles. The molecule has 0 saturated heterocycles. The lowest BCUT2D eigenvalue weighted by atomic mass is 9.91. The number of carbonyl (C=O) groups excluding carboxylic acids is 1. The van der Waals surface area contributed by atoms with Crippen LogP contribution in [0.1, 0.15) is 36.9 Å². The van der Waals surface area contributed by atoms with E-state index < -0.39 is 29.8 Å². The van der Waals surface area contributed by atoms with E-state index in [1.54, 1.807) is 0 Å². The molecule has 0 radical (unpaired) electrons. The van der Waals surface area contributed by atoms with Crippen molar-refractivity contribution in [1.29, 1.82) is 0 Å². The molecule has 4 N–H and O–H groups in total. The van der Waals surface area contributed by atoms with Crippen molar-refractivity contribution in [2.45, 2.75) is 57.8 Å². The van der Waals surface area contributed by atoms with E-state index in [-0.39, 0.29) is 17.8 Å². The van der Waals surface area contributed by atoms with Gasteiger partial charge in [0.15, 0.2) is 0 Å². The van der Waals surface area contributed by atoms with Crippen LogP contribution >= 0.6 is 0 Å². The van der Waals surface area contributed by atoms with Gasteiger partial charge in [0, 0.05) is 49.2 Å². The Morgan fingerprint density at radius 3 is 1.97 bits per heavy atom. The fourth-order valence-corrected chi connectivity index (χ4v) is 3.66. The molecule has 1 aliphatic carbocycles. The molecule has 1 aromatic carbocycles. The second-order valence-corrected chi connectivity index (χ2v) is 8.73. The first-order chi connectivity index (χ1) is 17.1. The number of rotatable bonds is 5. The Morgan fingerprint density at radius 1 is 0.973 bits per heavy atom. The molecule has 37 heavy (non-hydrogen) atoms. The van der Waals surface area contributed by atoms with E-state index >= 15 is 0 Å². The van der Waals surface area contributed by atoms with Crippen molar-refractivity contribution in [3.8, 4) is 0 Å². The van der Waals surface area contributed by atoms with Gasteiger partial charge in [-0.2, -0.15) is 18.2 Å². The number of alkyl halides is 3. The van der Waals surface area contributed by atoms with Gasteiger partial charge in [-0.1, -0.05) is 0 Å². The number of carboxylic acids is 1. The van der Waals surface area contributed by atoms with Crippen molar-refractivity contribution >= 4 is 29.5 Å². The van der Waals surface area contributed by atoms with Crippen LogP contribution in [0.4, 0.5) is 44.2 Å². The number of carbonyl (C=O) groups is 2. The Bertz CT molecular complexity index is 1080. The van der Waals surface area contributed by atoms with E-state index in [0.717, 1.165) is 61.0 Å². The van der Waals surface area contributed by atoms with Gasteiger partial charge in [-0.25, -0.2) is 23.4 Å². The molecule has 204 valence electrons. The molecule has 1 aliphatic rings. The maximum atomic E-state index is 13.2. The lowest BCUT2D eigenvalue weighted by Gasteiger charge is -2.30. The predicted molar refractivity (Wildman–Crippen MR) is 128 cm³/mol. The first-order valence-electron chi connectivity index (χ1n) is 11.3. The molecule has 0 bridgehead atoms. The molecule has 0 unspecified atom stereocenters. The number of nitrogens with one attached hydrogen (secondary N) is 3. The molecule has 0 atom stereocenters. The van der Waals surface area contributed by atoms with E-state index in [2.05, 4.69) is 25.9 Å². The number of nitrogens with zero attached hydrogens (tertiary/aromatic N) is 3. The zero-order valence-electron chi connectivity index (χ0n) is 20.7. The second-order valence-electron chi connectivity index (χ2n) is 8.73. The Hall–Kier alpha value is -3.71. The minimum absolute atomic E-state index is 0.000496. The normalized spacial score (nSPS) is 17.2. The molecule has 1 fully saturated rings. The van der Waals surface area contributed by atoms with E-state index in [0.29, 0.717) is 5.95 Å². The number of benzene rings is 1. The van der Waals surface area contributed by atoms with Crippen molar-refractivity contribution in [3.05, 3.63) is 41.1 Å². The highest BCUT2D eigenvalue weighted by atomic mass is 19.4. The molecule has 2 amide bonds. The third kappa shape index (κ3) is 9.35. The summed E-state index contributed by atoms with van der Waals surface area (Å²) in [7, 11) is 3.91. The summed E-state index contributed by atoms with van der Waals surface area (Å²) >= 11 is 0. The van der Waals surface area contributed by atoms with Crippen LogP contribution in [0.5, 0.6) is 0 Å². The van der Waals surface area contributed by atoms with Crippen molar-refractivity contribution in [1.82, 2.24) is 15.3 Å². The number of carboxylic acid groups (broad SMARTS) is 1. The summed E-state index contributed by atoms with van der Waals surface area (Å²) < 4.78 is 58.2. The van der Waals surface area contributed by atoms with E-state index in [1.807, 2.05) is 32.8 Å². The van der Waals surface area contributed by atoms with E-state index in [4.69, 9.17) is 9.90 Å². The Labute approximate surface area is 210 Å². The lowest BCUT2D eigenvalue weighted by molar-refractivity contribution is -0.192. The van der Waals surface area contributed by atoms with Crippen LogP contribution in [0, 0.1) is 25.5 Å². The van der Waals surface area contributed by atoms with Gasteiger partial charge in [-0.05, 0) is 51.7 Å². The molecule has 2 aromatic rings. The van der Waals surface area contributed by atoms with Gasteiger partial charge >= 0.3 is 18.2 Å². The molecule has 1 saturated carbocycles. The van der Waals surface area contributed by atoms with Crippen molar-refractivity contribution in [2.75, 3.05) is 29.6 Å². The number of urea groups is 1. The number of aryl methyl sites for hydroxylation is 1. The summed E-state index contributed by atoms with van der Waals surface area (Å²) in [6.45, 7) is 3.98. The highest BCUT2D eigenvalue weighted by Gasteiger charge is 2.38. The topological polar surface area (TPSA) is 119 Å². The highest BCUT2D eigenvalue weighted by Crippen LogP contribution is 2.24. The summed E-state index contributed by atoms with van der Waals surface area (Å²) in [6, 6.07) is 2.67. The number of aromatic nitrogens is 2. The molecule has 9 nitrogen and oxygen atoms in total. The average molecular weight is 533 g/mol. The molecular weight excluding hydrogens is 503 g/mol. The molecule has 0 spiro atoms. The maximum absolute atomic E-state index is 13.2. The second kappa shape index (κ2) is 12.5. The van der Waals surface area contributed by atoms with Crippen LogP contribution in [0.3, 0.4) is 0 Å². The van der Waals surface area contributed by atoms with Crippen molar-refractivity contribution < 1.29 is 36.6 Å². The summed E-state index contributed by atoms with van der Waals surface area (Å²) in [6.07, 6.45) is -1.80. The fourth-order valence-electron chi connectivity index (χ4n) is 3.66. The molecular formula is C23H29F5N6O3. The van der Waals surface area contributed by atoms with Crippen LogP contribution in [0.2, 0.25) is 0 Å². The fraction of sp³-hybridized carbons (Fsp3) is 0.478. The number of hydrogen-bond donors (Lipinski definition) is 4. The number of amides is 2. The maximum Gasteiger partial charge on any atom is 0.490 e. The van der Waals surface area contributed by atoms with Crippen molar-refractivity contribution in [3.63, 3.8) is 0 Å². The van der Waals surface area contributed by atoms with Crippen LogP contribution < -0.4 is 20.9 Å². The zero-order chi connectivity index (χ0) is 27.9. The first-order valence-corrected chi connectivity index (χ1v) is 11.3. The van der Waals surface area contributed by atoms with Gasteiger partial charge in [0.05, 0.1) is 0 Å². The standard InChI is InChI=1S/C21H28F2N6O.C2HF3O2/c1-12-13(2)24-20(28-19(12)29(3)4)25-16-5-7-17(8-6-16)26-21(30)27-18-10-14(22)9-15(23)11-18;3-2(4,5)1(6)7/h9-11,16-17H,5-8H2,1-4H3,(H,24,25,28)(H2,26,27,30);(H,6,7).